The van der Waals surface area contributed by atoms with E-state index in [1.54, 1.807) is 0 Å². The lowest BCUT2D eigenvalue weighted by atomic mass is 10.0. The molecule has 0 saturated carbocycles. The fourth-order valence-electron chi connectivity index (χ4n) is 1.87. The van der Waals surface area contributed by atoms with Gasteiger partial charge in [-0.25, -0.2) is 4.79 Å². The molecule has 0 aromatic carbocycles. The Labute approximate surface area is 106 Å². The zero-order valence-corrected chi connectivity index (χ0v) is 11.7. The fraction of sp³-hybridized carbons (Fsp3) is 0.786. The van der Waals surface area contributed by atoms with Crippen molar-refractivity contribution in [3.63, 3.8) is 0 Å². The van der Waals surface area contributed by atoms with E-state index >= 15 is 0 Å². The Morgan fingerprint density at radius 1 is 1.24 bits per heavy atom. The van der Waals surface area contributed by atoms with E-state index in [-0.39, 0.29) is 0 Å². The largest absolute Gasteiger partial charge is 0.478 e. The fourth-order valence-corrected chi connectivity index (χ4v) is 1.87. The molecule has 0 saturated heterocycles. The molecule has 100 valence electrons. The number of carbonyl (C=O) groups is 1. The van der Waals surface area contributed by atoms with Gasteiger partial charge in [-0.3, -0.25) is 4.90 Å². The number of carboxylic acid groups (broad SMARTS) is 1. The van der Waals surface area contributed by atoms with Gasteiger partial charge in [-0.1, -0.05) is 46.6 Å². The van der Waals surface area contributed by atoms with Crippen molar-refractivity contribution in [3.8, 4) is 0 Å². The second-order valence-electron chi connectivity index (χ2n) is 4.42. The van der Waals surface area contributed by atoms with E-state index in [2.05, 4.69) is 25.7 Å². The number of hydrogen-bond donors (Lipinski definition) is 1. The van der Waals surface area contributed by atoms with Crippen LogP contribution >= 0.6 is 0 Å². The molecule has 0 spiro atoms. The number of aliphatic carboxylic acids is 1. The van der Waals surface area contributed by atoms with Crippen molar-refractivity contribution >= 4 is 5.97 Å². The van der Waals surface area contributed by atoms with Gasteiger partial charge < -0.3 is 5.11 Å². The van der Waals surface area contributed by atoms with Crippen molar-refractivity contribution in [3.05, 3.63) is 11.6 Å². The summed E-state index contributed by atoms with van der Waals surface area (Å²) in [4.78, 5) is 13.2. The Hall–Kier alpha value is -0.830. The normalized spacial score (nSPS) is 12.5. The minimum atomic E-state index is -0.786. The van der Waals surface area contributed by atoms with Crippen LogP contribution in [0, 0.1) is 5.92 Å². The number of likely N-dealkylation sites (N-methyl/N-ethyl adjacent to an activating group) is 1. The molecule has 0 aromatic rings. The van der Waals surface area contributed by atoms with Crippen LogP contribution in [0.4, 0.5) is 0 Å². The van der Waals surface area contributed by atoms with Gasteiger partial charge in [0.25, 0.3) is 0 Å². The van der Waals surface area contributed by atoms with E-state index in [4.69, 9.17) is 5.11 Å². The maximum Gasteiger partial charge on any atom is 0.331 e. The molecule has 0 aliphatic carbocycles. The van der Waals surface area contributed by atoms with Gasteiger partial charge in [0, 0.05) is 18.7 Å². The SMILES string of the molecule is CCC(=CCN(CC)CC(CC)CC)C(=O)O. The van der Waals surface area contributed by atoms with Crippen LogP contribution < -0.4 is 0 Å². The highest BCUT2D eigenvalue weighted by atomic mass is 16.4. The maximum atomic E-state index is 10.9. The third-order valence-electron chi connectivity index (χ3n) is 3.37. The molecule has 0 aliphatic rings. The summed E-state index contributed by atoms with van der Waals surface area (Å²) < 4.78 is 0. The minimum absolute atomic E-state index is 0.521. The van der Waals surface area contributed by atoms with Crippen LogP contribution in [0.1, 0.15) is 47.0 Å². The van der Waals surface area contributed by atoms with Crippen molar-refractivity contribution in [1.29, 1.82) is 0 Å². The molecular formula is C14H27NO2. The second-order valence-corrected chi connectivity index (χ2v) is 4.42. The highest BCUT2D eigenvalue weighted by Crippen LogP contribution is 2.10. The number of hydrogen-bond acceptors (Lipinski definition) is 2. The second kappa shape index (κ2) is 9.23. The molecule has 0 rings (SSSR count). The third-order valence-corrected chi connectivity index (χ3v) is 3.37. The van der Waals surface area contributed by atoms with Crippen LogP contribution in [-0.4, -0.2) is 35.6 Å². The van der Waals surface area contributed by atoms with Gasteiger partial charge in [0.15, 0.2) is 0 Å². The molecule has 17 heavy (non-hydrogen) atoms. The quantitative estimate of drug-likeness (QED) is 0.630. The molecule has 0 aliphatic heterocycles. The Bertz CT molecular complexity index is 245. The number of carboxylic acids is 1. The summed E-state index contributed by atoms with van der Waals surface area (Å²) in [5.74, 6) is -0.0654. The van der Waals surface area contributed by atoms with Crippen molar-refractivity contribution in [2.75, 3.05) is 19.6 Å². The summed E-state index contributed by atoms with van der Waals surface area (Å²) in [6, 6.07) is 0. The highest BCUT2D eigenvalue weighted by molar-refractivity contribution is 5.86. The van der Waals surface area contributed by atoms with Crippen LogP contribution in [0.3, 0.4) is 0 Å². The molecule has 0 heterocycles. The predicted octanol–water partition coefficient (Wildman–Crippen LogP) is 3.17. The molecule has 0 fully saturated rings. The smallest absolute Gasteiger partial charge is 0.331 e. The maximum absolute atomic E-state index is 10.9. The van der Waals surface area contributed by atoms with Gasteiger partial charge >= 0.3 is 5.97 Å². The van der Waals surface area contributed by atoms with Gasteiger partial charge in [-0.15, -0.1) is 0 Å². The van der Waals surface area contributed by atoms with Crippen LogP contribution in [0.25, 0.3) is 0 Å². The monoisotopic (exact) mass is 241 g/mol. The zero-order chi connectivity index (χ0) is 13.3. The summed E-state index contributed by atoms with van der Waals surface area (Å²) >= 11 is 0. The first kappa shape index (κ1) is 16.2. The first-order valence-electron chi connectivity index (χ1n) is 6.73. The predicted molar refractivity (Wildman–Crippen MR) is 72.2 cm³/mol. The van der Waals surface area contributed by atoms with Crippen LogP contribution in [0.5, 0.6) is 0 Å². The Balaban J connectivity index is 4.34. The van der Waals surface area contributed by atoms with Crippen molar-refractivity contribution in [2.24, 2.45) is 5.92 Å². The molecule has 0 unspecified atom stereocenters. The molecular weight excluding hydrogens is 214 g/mol. The first-order chi connectivity index (χ1) is 8.08. The number of rotatable bonds is 9. The lowest BCUT2D eigenvalue weighted by molar-refractivity contribution is -0.132. The Kier molecular flexibility index (Phi) is 8.78. The average Bonchev–Trinajstić information content (AvgIpc) is 2.33. The van der Waals surface area contributed by atoms with E-state index < -0.39 is 5.97 Å². The summed E-state index contributed by atoms with van der Waals surface area (Å²) in [6.45, 7) is 11.2. The van der Waals surface area contributed by atoms with Crippen LogP contribution in [0.15, 0.2) is 11.6 Å². The molecule has 3 nitrogen and oxygen atoms in total. The van der Waals surface area contributed by atoms with E-state index in [9.17, 15) is 4.79 Å². The topological polar surface area (TPSA) is 40.5 Å². The van der Waals surface area contributed by atoms with Crippen molar-refractivity contribution in [1.82, 2.24) is 4.90 Å². The molecule has 0 bridgehead atoms. The van der Waals surface area contributed by atoms with E-state index in [1.807, 2.05) is 13.0 Å². The van der Waals surface area contributed by atoms with Crippen LogP contribution in [-0.2, 0) is 4.79 Å². The number of nitrogens with zero attached hydrogens (tertiary/aromatic N) is 1. The summed E-state index contributed by atoms with van der Waals surface area (Å²) in [7, 11) is 0. The minimum Gasteiger partial charge on any atom is -0.478 e. The van der Waals surface area contributed by atoms with Gasteiger partial charge in [0.2, 0.25) is 0 Å². The van der Waals surface area contributed by atoms with Gasteiger partial charge in [0.05, 0.1) is 0 Å². The Morgan fingerprint density at radius 3 is 2.18 bits per heavy atom. The summed E-state index contributed by atoms with van der Waals surface area (Å²) in [5.41, 5.74) is 0.521. The third kappa shape index (κ3) is 6.47. The first-order valence-corrected chi connectivity index (χ1v) is 6.73. The van der Waals surface area contributed by atoms with Crippen LogP contribution in [0.2, 0.25) is 0 Å². The lowest BCUT2D eigenvalue weighted by Gasteiger charge is -2.24. The van der Waals surface area contributed by atoms with E-state index in [0.717, 1.165) is 25.6 Å². The highest BCUT2D eigenvalue weighted by Gasteiger charge is 2.10. The van der Waals surface area contributed by atoms with Gasteiger partial charge in [-0.05, 0) is 18.9 Å². The van der Waals surface area contributed by atoms with Gasteiger partial charge in [0.1, 0.15) is 0 Å². The standard InChI is InChI=1S/C14H27NO2/c1-5-12(6-2)11-15(8-4)10-9-13(7-3)14(16)17/h9,12H,5-8,10-11H2,1-4H3,(H,16,17). The molecule has 0 atom stereocenters. The van der Waals surface area contributed by atoms with Crippen molar-refractivity contribution in [2.45, 2.75) is 47.0 Å². The van der Waals surface area contributed by atoms with E-state index in [1.165, 1.54) is 12.8 Å². The molecule has 0 radical (unpaired) electrons. The summed E-state index contributed by atoms with van der Waals surface area (Å²) in [5, 5.41) is 8.95. The zero-order valence-electron chi connectivity index (χ0n) is 11.7. The molecule has 1 N–H and O–H groups in total. The molecule has 0 aromatic heterocycles. The Morgan fingerprint density at radius 2 is 1.82 bits per heavy atom. The van der Waals surface area contributed by atoms with Crippen molar-refractivity contribution < 1.29 is 9.90 Å². The molecule has 0 amide bonds. The van der Waals surface area contributed by atoms with Gasteiger partial charge in [-0.2, -0.15) is 0 Å². The molecule has 3 heteroatoms. The lowest BCUT2D eigenvalue weighted by Crippen LogP contribution is -2.29. The van der Waals surface area contributed by atoms with E-state index in [0.29, 0.717) is 12.0 Å². The summed E-state index contributed by atoms with van der Waals surface area (Å²) in [6.07, 6.45) is 4.83. The average molecular weight is 241 g/mol.